The Morgan fingerprint density at radius 1 is 1.05 bits per heavy atom. The van der Waals surface area contributed by atoms with E-state index in [0.717, 1.165) is 16.8 Å². The SMILES string of the molecule is Cc1ccccc1-c1nc(CSc2nc(N)c(C#N)c(-c3ccc(OC[C@H]4COC(C)(C)O4)cc3)c2C#N)c(C)o1. The van der Waals surface area contributed by atoms with Gasteiger partial charge in [-0.2, -0.15) is 10.5 Å². The van der Waals surface area contributed by atoms with Crippen molar-refractivity contribution in [3.8, 4) is 40.5 Å². The molecule has 0 spiro atoms. The third-order valence-corrected chi connectivity index (χ3v) is 7.66. The van der Waals surface area contributed by atoms with Crippen molar-refractivity contribution < 1.29 is 18.6 Å². The molecule has 1 aliphatic heterocycles. The Kier molecular flexibility index (Phi) is 8.00. The molecule has 0 unspecified atom stereocenters. The number of hydrogen-bond acceptors (Lipinski definition) is 10. The molecule has 1 atom stereocenters. The Balaban J connectivity index is 1.38. The Hall–Kier alpha value is -4.35. The number of ether oxygens (including phenoxy) is 3. The van der Waals surface area contributed by atoms with Gasteiger partial charge in [0.25, 0.3) is 0 Å². The van der Waals surface area contributed by atoms with Crippen LogP contribution in [0.2, 0.25) is 0 Å². The maximum atomic E-state index is 10.2. The molecule has 5 rings (SSSR count). The highest BCUT2D eigenvalue weighted by molar-refractivity contribution is 7.98. The topological polar surface area (TPSA) is 140 Å². The third-order valence-electron chi connectivity index (χ3n) is 6.68. The fourth-order valence-corrected chi connectivity index (χ4v) is 5.57. The number of nitrogens with two attached hydrogens (primary N) is 1. The number of anilines is 1. The van der Waals surface area contributed by atoms with Crippen molar-refractivity contribution in [3.63, 3.8) is 0 Å². The second-order valence-corrected chi connectivity index (χ2v) is 11.0. The van der Waals surface area contributed by atoms with E-state index in [1.54, 1.807) is 24.3 Å². The van der Waals surface area contributed by atoms with E-state index < -0.39 is 5.79 Å². The molecule has 41 heavy (non-hydrogen) atoms. The Morgan fingerprint density at radius 3 is 2.44 bits per heavy atom. The molecule has 1 aliphatic rings. The van der Waals surface area contributed by atoms with Crippen LogP contribution in [0.25, 0.3) is 22.6 Å². The number of hydrogen-bond donors (Lipinski definition) is 1. The van der Waals surface area contributed by atoms with Gasteiger partial charge < -0.3 is 24.4 Å². The monoisotopic (exact) mass is 567 g/mol. The predicted molar refractivity (Wildman–Crippen MR) is 155 cm³/mol. The van der Waals surface area contributed by atoms with Crippen LogP contribution < -0.4 is 10.5 Å². The molecule has 9 nitrogen and oxygen atoms in total. The van der Waals surface area contributed by atoms with Crippen LogP contribution in [0.4, 0.5) is 5.82 Å². The fraction of sp³-hybridized carbons (Fsp3) is 0.290. The molecule has 0 aliphatic carbocycles. The summed E-state index contributed by atoms with van der Waals surface area (Å²) in [7, 11) is 0. The molecule has 10 heteroatoms. The molecule has 0 amide bonds. The number of rotatable bonds is 8. The zero-order valence-corrected chi connectivity index (χ0v) is 24.0. The summed E-state index contributed by atoms with van der Waals surface area (Å²) < 4.78 is 23.2. The Bertz CT molecular complexity index is 1670. The van der Waals surface area contributed by atoms with Crippen LogP contribution in [0.3, 0.4) is 0 Å². The highest BCUT2D eigenvalue weighted by Crippen LogP contribution is 2.38. The van der Waals surface area contributed by atoms with E-state index in [1.807, 2.05) is 52.0 Å². The number of nitrogen functional groups attached to an aromatic ring is 1. The van der Waals surface area contributed by atoms with Crippen molar-refractivity contribution in [1.82, 2.24) is 9.97 Å². The summed E-state index contributed by atoms with van der Waals surface area (Å²) in [5.74, 6) is 1.70. The first kappa shape index (κ1) is 28.2. The molecule has 4 aromatic rings. The zero-order valence-electron chi connectivity index (χ0n) is 23.2. The van der Waals surface area contributed by atoms with Crippen molar-refractivity contribution >= 4 is 17.6 Å². The van der Waals surface area contributed by atoms with E-state index in [-0.39, 0.29) is 23.0 Å². The number of nitriles is 2. The number of thioether (sulfide) groups is 1. The lowest BCUT2D eigenvalue weighted by atomic mass is 9.97. The molecule has 2 N–H and O–H groups in total. The lowest BCUT2D eigenvalue weighted by Gasteiger charge is -2.17. The highest BCUT2D eigenvalue weighted by atomic mass is 32.2. The van der Waals surface area contributed by atoms with Gasteiger partial charge in [-0.05, 0) is 57.0 Å². The molecule has 2 aromatic heterocycles. The maximum Gasteiger partial charge on any atom is 0.226 e. The van der Waals surface area contributed by atoms with Gasteiger partial charge in [-0.3, -0.25) is 0 Å². The standard InChI is InChI=1S/C31H29N5O4S/c1-18-7-5-6-8-23(18)29-35-26(19(2)39-29)17-41-30-25(14-33)27(24(13-32)28(34)36-30)20-9-11-21(12-10-20)37-15-22-16-38-31(3,4)40-22/h5-12,22H,15-17H2,1-4H3,(H2,34,36)/t22-/m0/s1. The number of oxazole rings is 1. The van der Waals surface area contributed by atoms with Crippen LogP contribution in [0.5, 0.6) is 5.75 Å². The second kappa shape index (κ2) is 11.6. The zero-order chi connectivity index (χ0) is 29.1. The highest BCUT2D eigenvalue weighted by Gasteiger charge is 2.33. The van der Waals surface area contributed by atoms with Gasteiger partial charge in [0.1, 0.15) is 52.8 Å². The van der Waals surface area contributed by atoms with E-state index in [1.165, 1.54) is 11.8 Å². The van der Waals surface area contributed by atoms with Crippen LogP contribution in [-0.4, -0.2) is 35.1 Å². The molecule has 0 radical (unpaired) electrons. The van der Waals surface area contributed by atoms with E-state index >= 15 is 0 Å². The molecule has 3 heterocycles. The average Bonchev–Trinajstić information content (AvgIpc) is 3.51. The molecular formula is C31H29N5O4S. The molecule has 0 saturated carbocycles. The average molecular weight is 568 g/mol. The van der Waals surface area contributed by atoms with Gasteiger partial charge in [0.15, 0.2) is 5.79 Å². The van der Waals surface area contributed by atoms with Crippen LogP contribution in [0.1, 0.15) is 42.0 Å². The normalized spacial score (nSPS) is 15.8. The van der Waals surface area contributed by atoms with E-state index in [4.69, 9.17) is 29.3 Å². The minimum absolute atomic E-state index is 0.0581. The number of benzene rings is 2. The van der Waals surface area contributed by atoms with Gasteiger partial charge in [0.05, 0.1) is 17.9 Å². The lowest BCUT2D eigenvalue weighted by molar-refractivity contribution is -0.141. The first-order chi connectivity index (χ1) is 19.7. The van der Waals surface area contributed by atoms with Crippen LogP contribution in [0.15, 0.2) is 58.0 Å². The third kappa shape index (κ3) is 6.06. The quantitative estimate of drug-likeness (QED) is 0.246. The summed E-state index contributed by atoms with van der Waals surface area (Å²) >= 11 is 1.32. The van der Waals surface area contributed by atoms with Gasteiger partial charge >= 0.3 is 0 Å². The summed E-state index contributed by atoms with van der Waals surface area (Å²) in [6.07, 6.45) is -0.166. The van der Waals surface area contributed by atoms with Gasteiger partial charge in [0.2, 0.25) is 5.89 Å². The number of pyridine rings is 1. The fourth-order valence-electron chi connectivity index (χ4n) is 4.57. The van der Waals surface area contributed by atoms with Gasteiger partial charge in [0, 0.05) is 16.9 Å². The van der Waals surface area contributed by atoms with Gasteiger partial charge in [-0.15, -0.1) is 0 Å². The first-order valence-electron chi connectivity index (χ1n) is 13.0. The summed E-state index contributed by atoms with van der Waals surface area (Å²) in [5.41, 5.74) is 10.5. The number of aryl methyl sites for hydroxylation is 2. The van der Waals surface area contributed by atoms with Crippen LogP contribution >= 0.6 is 11.8 Å². The van der Waals surface area contributed by atoms with Gasteiger partial charge in [-0.1, -0.05) is 42.1 Å². The van der Waals surface area contributed by atoms with Crippen molar-refractivity contribution in [3.05, 3.63) is 76.7 Å². The molecular weight excluding hydrogens is 538 g/mol. The van der Waals surface area contributed by atoms with E-state index in [0.29, 0.717) is 52.5 Å². The lowest BCUT2D eigenvalue weighted by Crippen LogP contribution is -2.25. The molecule has 1 saturated heterocycles. The van der Waals surface area contributed by atoms with E-state index in [9.17, 15) is 10.5 Å². The predicted octanol–water partition coefficient (Wildman–Crippen LogP) is 6.17. The van der Waals surface area contributed by atoms with Crippen LogP contribution in [0, 0.1) is 36.5 Å². The summed E-state index contributed by atoms with van der Waals surface area (Å²) in [5, 5.41) is 20.5. The summed E-state index contributed by atoms with van der Waals surface area (Å²) in [6.45, 7) is 8.39. The first-order valence-corrected chi connectivity index (χ1v) is 14.0. The van der Waals surface area contributed by atoms with E-state index in [2.05, 4.69) is 17.1 Å². The molecule has 208 valence electrons. The summed E-state index contributed by atoms with van der Waals surface area (Å²) in [4.78, 5) is 9.11. The minimum Gasteiger partial charge on any atom is -0.491 e. The summed E-state index contributed by atoms with van der Waals surface area (Å²) in [6, 6.07) is 19.4. The Labute approximate surface area is 242 Å². The minimum atomic E-state index is -0.619. The largest absolute Gasteiger partial charge is 0.491 e. The van der Waals surface area contributed by atoms with Crippen molar-refractivity contribution in [2.24, 2.45) is 0 Å². The van der Waals surface area contributed by atoms with Gasteiger partial charge in [-0.25, -0.2) is 9.97 Å². The maximum absolute atomic E-state index is 10.2. The molecule has 2 aromatic carbocycles. The number of aromatic nitrogens is 2. The molecule has 1 fully saturated rings. The van der Waals surface area contributed by atoms with Crippen molar-refractivity contribution in [2.75, 3.05) is 18.9 Å². The second-order valence-electron chi connectivity index (χ2n) is 10.1. The Morgan fingerprint density at radius 2 is 1.78 bits per heavy atom. The van der Waals surface area contributed by atoms with Crippen molar-refractivity contribution in [2.45, 2.75) is 50.4 Å². The van der Waals surface area contributed by atoms with Crippen LogP contribution in [-0.2, 0) is 15.2 Å². The number of nitrogens with zero attached hydrogens (tertiary/aromatic N) is 4. The smallest absolute Gasteiger partial charge is 0.226 e. The van der Waals surface area contributed by atoms with Crippen molar-refractivity contribution in [1.29, 1.82) is 10.5 Å². The molecule has 0 bridgehead atoms.